The van der Waals surface area contributed by atoms with E-state index in [9.17, 15) is 9.59 Å². The van der Waals surface area contributed by atoms with Crippen LogP contribution in [0.3, 0.4) is 0 Å². The molecule has 1 amide bonds. The molecule has 2 unspecified atom stereocenters. The molecule has 2 N–H and O–H groups in total. The fourth-order valence-electron chi connectivity index (χ4n) is 4.45. The summed E-state index contributed by atoms with van der Waals surface area (Å²) < 4.78 is 11.7. The quantitative estimate of drug-likeness (QED) is 0.272. The molecule has 0 aromatic heterocycles. The molecule has 1 aliphatic heterocycles. The number of carbonyl (C=O) groups excluding carboxylic acids is 2. The van der Waals surface area contributed by atoms with Crippen molar-refractivity contribution in [3.05, 3.63) is 70.9 Å². The van der Waals surface area contributed by atoms with Crippen LogP contribution in [-0.2, 0) is 24.5 Å². The molecule has 0 aliphatic carbocycles. The molecule has 2 atom stereocenters. The third kappa shape index (κ3) is 9.83. The van der Waals surface area contributed by atoms with Gasteiger partial charge in [0.05, 0.1) is 24.6 Å². The maximum atomic E-state index is 13.0. The number of hydrogen-bond donors (Lipinski definition) is 2. The smallest absolute Gasteiger partial charge is 0.308 e. The predicted molar refractivity (Wildman–Crippen MR) is 168 cm³/mol. The van der Waals surface area contributed by atoms with Crippen molar-refractivity contribution in [2.24, 2.45) is 5.92 Å². The van der Waals surface area contributed by atoms with Crippen molar-refractivity contribution in [1.29, 1.82) is 0 Å². The molecule has 1 heterocycles. The molecule has 7 heteroatoms. The lowest BCUT2D eigenvalue weighted by atomic mass is 9.86. The maximum absolute atomic E-state index is 13.0. The first-order valence-corrected chi connectivity index (χ1v) is 15.0. The van der Waals surface area contributed by atoms with Gasteiger partial charge in [-0.1, -0.05) is 72.7 Å². The second kappa shape index (κ2) is 16.1. The minimum Gasteiger partial charge on any atom is -0.465 e. The zero-order chi connectivity index (χ0) is 30.6. The summed E-state index contributed by atoms with van der Waals surface area (Å²) in [6.45, 7) is 15.4. The summed E-state index contributed by atoms with van der Waals surface area (Å²) in [5, 5.41) is 6.42. The van der Waals surface area contributed by atoms with E-state index in [0.29, 0.717) is 31.8 Å². The molecular weight excluding hydrogens is 514 g/mol. The Bertz CT molecular complexity index is 1130. The van der Waals surface area contributed by atoms with E-state index in [4.69, 9.17) is 9.47 Å². The first-order valence-electron chi connectivity index (χ1n) is 15.0. The molecular formula is C34H51N3O4. The van der Waals surface area contributed by atoms with Gasteiger partial charge < -0.3 is 25.0 Å². The fraction of sp³-hybridized carbons (Fsp3) is 0.529. The monoisotopic (exact) mass is 565 g/mol. The van der Waals surface area contributed by atoms with Crippen molar-refractivity contribution in [1.82, 2.24) is 10.6 Å². The average molecular weight is 566 g/mol. The lowest BCUT2D eigenvalue weighted by Crippen LogP contribution is -2.30. The summed E-state index contributed by atoms with van der Waals surface area (Å²) in [5.41, 5.74) is 5.05. The number of anilines is 1. The molecule has 0 fully saturated rings. The van der Waals surface area contributed by atoms with Crippen LogP contribution >= 0.6 is 0 Å². The number of esters is 1. The Morgan fingerprint density at radius 2 is 1.66 bits per heavy atom. The Balaban J connectivity index is 0.00000287. The van der Waals surface area contributed by atoms with Gasteiger partial charge in [-0.25, -0.2) is 0 Å². The first-order chi connectivity index (χ1) is 19.5. The molecule has 226 valence electrons. The minimum absolute atomic E-state index is 0.0624. The predicted octanol–water partition coefficient (Wildman–Crippen LogP) is 6.94. The van der Waals surface area contributed by atoms with Gasteiger partial charge in [-0.3, -0.25) is 9.59 Å². The number of amides is 1. The van der Waals surface area contributed by atoms with Gasteiger partial charge in [-0.2, -0.15) is 0 Å². The van der Waals surface area contributed by atoms with Gasteiger partial charge in [0.15, 0.2) is 6.23 Å². The highest BCUT2D eigenvalue weighted by molar-refractivity contribution is 5.82. The maximum Gasteiger partial charge on any atom is 0.308 e. The molecule has 2 aromatic carbocycles. The second-order valence-corrected chi connectivity index (χ2v) is 11.4. The summed E-state index contributed by atoms with van der Waals surface area (Å²) in [7, 11) is 4.00. The molecule has 7 nitrogen and oxygen atoms in total. The third-order valence-electron chi connectivity index (χ3n) is 6.97. The Labute approximate surface area is 247 Å². The van der Waals surface area contributed by atoms with Crippen LogP contribution in [0.25, 0.3) is 5.76 Å². The van der Waals surface area contributed by atoms with Crippen LogP contribution in [0.4, 0.5) is 5.69 Å². The highest BCUT2D eigenvalue weighted by atomic mass is 16.5. The molecule has 0 saturated heterocycles. The molecule has 0 bridgehead atoms. The Hall–Kier alpha value is -3.48. The molecule has 0 radical (unpaired) electrons. The van der Waals surface area contributed by atoms with E-state index in [1.165, 1.54) is 5.56 Å². The lowest BCUT2D eigenvalue weighted by molar-refractivity contribution is -0.149. The van der Waals surface area contributed by atoms with Crippen LogP contribution in [0, 0.1) is 5.92 Å². The molecule has 41 heavy (non-hydrogen) atoms. The van der Waals surface area contributed by atoms with E-state index in [2.05, 4.69) is 55.7 Å². The second-order valence-electron chi connectivity index (χ2n) is 11.4. The van der Waals surface area contributed by atoms with Gasteiger partial charge in [0.1, 0.15) is 5.76 Å². The van der Waals surface area contributed by atoms with Crippen LogP contribution in [0.15, 0.2) is 54.2 Å². The summed E-state index contributed by atoms with van der Waals surface area (Å²) in [5.74, 6) is 0.153. The van der Waals surface area contributed by atoms with Crippen LogP contribution in [0.5, 0.6) is 0 Å². The zero-order valence-corrected chi connectivity index (χ0v) is 26.6. The van der Waals surface area contributed by atoms with Gasteiger partial charge in [0, 0.05) is 37.5 Å². The van der Waals surface area contributed by atoms with Gasteiger partial charge in [0.25, 0.3) is 0 Å². The molecule has 2 aromatic rings. The third-order valence-corrected chi connectivity index (χ3v) is 6.97. The Kier molecular flexibility index (Phi) is 13.2. The van der Waals surface area contributed by atoms with E-state index in [1.807, 2.05) is 71.0 Å². The van der Waals surface area contributed by atoms with Gasteiger partial charge in [-0.05, 0) is 54.5 Å². The molecule has 1 aliphatic rings. The lowest BCUT2D eigenvalue weighted by Gasteiger charge is -2.20. The number of hydrogen-bond acceptors (Lipinski definition) is 6. The average Bonchev–Trinajstić information content (AvgIpc) is 3.38. The number of nitrogens with one attached hydrogen (secondary N) is 2. The van der Waals surface area contributed by atoms with Crippen LogP contribution < -0.4 is 15.5 Å². The first kappa shape index (κ1) is 33.7. The van der Waals surface area contributed by atoms with Gasteiger partial charge >= 0.3 is 5.97 Å². The number of benzene rings is 2. The number of nitrogens with zero attached hydrogens (tertiary/aromatic N) is 1. The van der Waals surface area contributed by atoms with Crippen molar-refractivity contribution in [3.63, 3.8) is 0 Å². The largest absolute Gasteiger partial charge is 0.465 e. The summed E-state index contributed by atoms with van der Waals surface area (Å²) >= 11 is 0. The van der Waals surface area contributed by atoms with Gasteiger partial charge in [0.2, 0.25) is 5.91 Å². The van der Waals surface area contributed by atoms with Crippen LogP contribution in [0.1, 0.15) is 97.1 Å². The topological polar surface area (TPSA) is 79.9 Å². The SMILES string of the molecule is CC.CCCOC(=O)C(CC)CCNC(=O)CC1=C(c2ccc(N(C)C)cc2)OC(c2ccc(C(C)(C)C)cc2)N1. The normalized spacial score (nSPS) is 15.2. The number of ether oxygens (including phenoxy) is 2. The van der Waals surface area contributed by atoms with Crippen molar-refractivity contribution >= 4 is 23.3 Å². The summed E-state index contributed by atoms with van der Waals surface area (Å²) in [6.07, 6.45) is 1.80. The van der Waals surface area contributed by atoms with E-state index in [1.54, 1.807) is 0 Å². The van der Waals surface area contributed by atoms with E-state index in [-0.39, 0.29) is 35.9 Å². The fourth-order valence-corrected chi connectivity index (χ4v) is 4.45. The summed E-state index contributed by atoms with van der Waals surface area (Å²) in [6, 6.07) is 16.5. The van der Waals surface area contributed by atoms with E-state index < -0.39 is 0 Å². The highest BCUT2D eigenvalue weighted by Gasteiger charge is 2.29. The molecule has 0 spiro atoms. The molecule has 3 rings (SSSR count). The van der Waals surface area contributed by atoms with Crippen LogP contribution in [0.2, 0.25) is 0 Å². The summed E-state index contributed by atoms with van der Waals surface area (Å²) in [4.78, 5) is 27.2. The van der Waals surface area contributed by atoms with Crippen molar-refractivity contribution < 1.29 is 19.1 Å². The number of carbonyl (C=O) groups is 2. The van der Waals surface area contributed by atoms with Crippen molar-refractivity contribution in [2.75, 3.05) is 32.1 Å². The highest BCUT2D eigenvalue weighted by Crippen LogP contribution is 2.36. The van der Waals surface area contributed by atoms with Crippen LogP contribution in [-0.4, -0.2) is 39.1 Å². The molecule has 0 saturated carbocycles. The van der Waals surface area contributed by atoms with Crippen molar-refractivity contribution in [3.8, 4) is 0 Å². The zero-order valence-electron chi connectivity index (χ0n) is 26.6. The van der Waals surface area contributed by atoms with E-state index >= 15 is 0 Å². The van der Waals surface area contributed by atoms with Crippen molar-refractivity contribution in [2.45, 2.75) is 85.8 Å². The number of rotatable bonds is 12. The minimum atomic E-state index is -0.386. The Morgan fingerprint density at radius 3 is 2.20 bits per heavy atom. The van der Waals surface area contributed by atoms with E-state index in [0.717, 1.165) is 28.9 Å². The Morgan fingerprint density at radius 1 is 1.02 bits per heavy atom. The van der Waals surface area contributed by atoms with Gasteiger partial charge in [-0.15, -0.1) is 0 Å². The standard InChI is InChI=1S/C32H45N3O4.C2H6/c1-8-20-38-31(37)22(9-2)18-19-33-28(36)21-27-29(23-12-16-26(17-13-23)35(6)7)39-30(34-27)24-10-14-25(15-11-24)32(3,4)5;1-2/h10-17,22,30,34H,8-9,18-21H2,1-7H3,(H,33,36);1-2H3.